The third-order valence-corrected chi connectivity index (χ3v) is 5.90. The van der Waals surface area contributed by atoms with Gasteiger partial charge in [0, 0.05) is 18.7 Å². The highest BCUT2D eigenvalue weighted by Crippen LogP contribution is 2.30. The summed E-state index contributed by atoms with van der Waals surface area (Å²) in [6.45, 7) is 0.664. The molecule has 1 aromatic carbocycles. The average Bonchev–Trinajstić information content (AvgIpc) is 2.77. The average molecular weight is 330 g/mol. The molecule has 21 heavy (non-hydrogen) atoms. The van der Waals surface area contributed by atoms with Crippen LogP contribution >= 0.6 is 12.2 Å². The minimum absolute atomic E-state index is 0.00741. The van der Waals surface area contributed by atoms with Gasteiger partial charge in [0.15, 0.2) is 0 Å². The number of thiocarbonyl (C=S) groups is 1. The summed E-state index contributed by atoms with van der Waals surface area (Å²) in [5, 5.41) is 0. The van der Waals surface area contributed by atoms with Crippen LogP contribution in [0, 0.1) is 5.82 Å². The van der Waals surface area contributed by atoms with Gasteiger partial charge < -0.3 is 10.5 Å². The number of hydrogen-bond donors (Lipinski definition) is 1. The van der Waals surface area contributed by atoms with Crippen molar-refractivity contribution in [1.29, 1.82) is 0 Å². The Bertz CT molecular complexity index is 681. The van der Waals surface area contributed by atoms with E-state index in [0.717, 1.165) is 18.9 Å². The second-order valence-electron chi connectivity index (χ2n) is 5.29. The second kappa shape index (κ2) is 5.28. The highest BCUT2D eigenvalue weighted by Gasteiger charge is 2.39. The van der Waals surface area contributed by atoms with Crippen molar-refractivity contribution in [2.45, 2.75) is 29.9 Å². The van der Waals surface area contributed by atoms with E-state index in [1.807, 2.05) is 0 Å². The number of nitrogens with two attached hydrogens (primary N) is 1. The molecule has 0 aliphatic carbocycles. The van der Waals surface area contributed by atoms with Crippen molar-refractivity contribution in [2.75, 3.05) is 13.1 Å². The Labute approximate surface area is 127 Å². The number of morpholine rings is 1. The molecule has 2 saturated heterocycles. The molecule has 2 aliphatic rings. The first-order valence-electron chi connectivity index (χ1n) is 6.63. The first-order valence-corrected chi connectivity index (χ1v) is 8.48. The van der Waals surface area contributed by atoms with Gasteiger partial charge in [-0.2, -0.15) is 4.31 Å². The smallest absolute Gasteiger partial charge is 0.243 e. The van der Waals surface area contributed by atoms with Crippen LogP contribution in [0.5, 0.6) is 0 Å². The van der Waals surface area contributed by atoms with E-state index in [1.54, 1.807) is 0 Å². The molecular weight excluding hydrogens is 315 g/mol. The van der Waals surface area contributed by atoms with Crippen molar-refractivity contribution in [2.24, 2.45) is 5.73 Å². The third-order valence-electron chi connectivity index (χ3n) is 3.85. The monoisotopic (exact) mass is 330 g/mol. The van der Waals surface area contributed by atoms with Crippen LogP contribution < -0.4 is 5.73 Å². The zero-order valence-electron chi connectivity index (χ0n) is 11.2. The zero-order chi connectivity index (χ0) is 15.2. The highest BCUT2D eigenvalue weighted by molar-refractivity contribution is 7.89. The molecule has 2 aliphatic heterocycles. The summed E-state index contributed by atoms with van der Waals surface area (Å²) in [5.74, 6) is -0.622. The number of sulfonamides is 1. The number of rotatable bonds is 3. The number of halogens is 1. The molecule has 3 rings (SSSR count). The van der Waals surface area contributed by atoms with Crippen LogP contribution in [-0.4, -0.2) is 43.0 Å². The van der Waals surface area contributed by atoms with E-state index in [4.69, 9.17) is 22.7 Å². The van der Waals surface area contributed by atoms with Crippen LogP contribution in [0.25, 0.3) is 0 Å². The highest BCUT2D eigenvalue weighted by atomic mass is 32.2. The van der Waals surface area contributed by atoms with Gasteiger partial charge in [0.05, 0.1) is 17.1 Å². The summed E-state index contributed by atoms with van der Waals surface area (Å²) < 4.78 is 45.9. The van der Waals surface area contributed by atoms with Crippen LogP contribution in [0.1, 0.15) is 18.4 Å². The van der Waals surface area contributed by atoms with Gasteiger partial charge in [-0.1, -0.05) is 12.2 Å². The predicted molar refractivity (Wildman–Crippen MR) is 78.9 cm³/mol. The van der Waals surface area contributed by atoms with Gasteiger partial charge in [-0.25, -0.2) is 12.8 Å². The van der Waals surface area contributed by atoms with E-state index in [9.17, 15) is 12.8 Å². The van der Waals surface area contributed by atoms with E-state index in [-0.39, 0.29) is 27.7 Å². The Balaban J connectivity index is 1.95. The number of nitrogens with zero attached hydrogens (tertiary/aromatic N) is 1. The molecule has 2 heterocycles. The van der Waals surface area contributed by atoms with Crippen molar-refractivity contribution in [3.63, 3.8) is 0 Å². The molecule has 0 radical (unpaired) electrons. The molecule has 0 spiro atoms. The SMILES string of the molecule is NC(=S)c1cc(S(=O)(=O)N2CC3CCC(C2)O3)ccc1F. The minimum atomic E-state index is -3.69. The van der Waals surface area contributed by atoms with Crippen molar-refractivity contribution in [3.05, 3.63) is 29.6 Å². The van der Waals surface area contributed by atoms with E-state index in [2.05, 4.69) is 0 Å². The first kappa shape index (κ1) is 14.8. The van der Waals surface area contributed by atoms with Crippen molar-refractivity contribution in [1.82, 2.24) is 4.31 Å². The summed E-state index contributed by atoms with van der Waals surface area (Å²) in [5.41, 5.74) is 5.37. The van der Waals surface area contributed by atoms with Gasteiger partial charge in [0.2, 0.25) is 10.0 Å². The summed E-state index contributed by atoms with van der Waals surface area (Å²) in [4.78, 5) is -0.153. The van der Waals surface area contributed by atoms with Crippen LogP contribution in [0.15, 0.2) is 23.1 Å². The van der Waals surface area contributed by atoms with E-state index >= 15 is 0 Å². The van der Waals surface area contributed by atoms with Gasteiger partial charge in [0.1, 0.15) is 10.8 Å². The summed E-state index contributed by atoms with van der Waals surface area (Å²) in [7, 11) is -3.69. The molecule has 2 fully saturated rings. The Kier molecular flexibility index (Phi) is 3.73. The van der Waals surface area contributed by atoms with Crippen molar-refractivity contribution >= 4 is 27.2 Å². The third kappa shape index (κ3) is 2.68. The maximum Gasteiger partial charge on any atom is 0.243 e. The molecule has 0 saturated carbocycles. The fraction of sp³-hybridized carbons (Fsp3) is 0.462. The van der Waals surface area contributed by atoms with Gasteiger partial charge in [-0.15, -0.1) is 0 Å². The topological polar surface area (TPSA) is 72.6 Å². The van der Waals surface area contributed by atoms with Crippen LogP contribution in [0.2, 0.25) is 0 Å². The van der Waals surface area contributed by atoms with Gasteiger partial charge in [-0.3, -0.25) is 0 Å². The van der Waals surface area contributed by atoms with Crippen molar-refractivity contribution < 1.29 is 17.5 Å². The van der Waals surface area contributed by atoms with Gasteiger partial charge >= 0.3 is 0 Å². The lowest BCUT2D eigenvalue weighted by atomic mass is 10.2. The Hall–Kier alpha value is -1.09. The molecule has 2 bridgehead atoms. The van der Waals surface area contributed by atoms with E-state index in [0.29, 0.717) is 13.1 Å². The lowest BCUT2D eigenvalue weighted by molar-refractivity contribution is -0.0114. The Morgan fingerprint density at radius 2 is 1.95 bits per heavy atom. The normalized spacial score (nSPS) is 26.0. The maximum absolute atomic E-state index is 13.6. The molecule has 5 nitrogen and oxygen atoms in total. The molecular formula is C13H15FN2O3S2. The fourth-order valence-corrected chi connectivity index (χ4v) is 4.46. The second-order valence-corrected chi connectivity index (χ2v) is 7.66. The fourth-order valence-electron chi connectivity index (χ4n) is 2.78. The van der Waals surface area contributed by atoms with Crippen LogP contribution in [-0.2, 0) is 14.8 Å². The molecule has 2 N–H and O–H groups in total. The molecule has 2 unspecified atom stereocenters. The zero-order valence-corrected chi connectivity index (χ0v) is 12.8. The first-order chi connectivity index (χ1) is 9.88. The largest absolute Gasteiger partial charge is 0.389 e. The number of hydrogen-bond acceptors (Lipinski definition) is 4. The van der Waals surface area contributed by atoms with Gasteiger partial charge in [0.25, 0.3) is 0 Å². The standard InChI is InChI=1S/C13H15FN2O3S2/c14-12-4-3-10(5-11(12)13(15)20)21(17,18)16-6-8-1-2-9(7-16)19-8/h3-5,8-9H,1-2,6-7H2,(H2,15,20). The summed E-state index contributed by atoms with van der Waals surface area (Å²) >= 11 is 4.75. The number of fused-ring (bicyclic) bond motifs is 2. The van der Waals surface area contributed by atoms with Gasteiger partial charge in [-0.05, 0) is 31.0 Å². The molecule has 0 aromatic heterocycles. The molecule has 8 heteroatoms. The minimum Gasteiger partial charge on any atom is -0.389 e. The molecule has 0 amide bonds. The van der Waals surface area contributed by atoms with E-state index in [1.165, 1.54) is 16.4 Å². The van der Waals surface area contributed by atoms with Crippen molar-refractivity contribution in [3.8, 4) is 0 Å². The maximum atomic E-state index is 13.6. The predicted octanol–water partition coefficient (Wildman–Crippen LogP) is 1.01. The lowest BCUT2D eigenvalue weighted by Crippen LogP contribution is -2.45. The number of ether oxygens (including phenoxy) is 1. The van der Waals surface area contributed by atoms with E-state index < -0.39 is 15.8 Å². The lowest BCUT2D eigenvalue weighted by Gasteiger charge is -2.31. The summed E-state index contributed by atoms with van der Waals surface area (Å²) in [6.07, 6.45) is 1.65. The molecule has 1 aromatic rings. The molecule has 2 atom stereocenters. The Morgan fingerprint density at radius 3 is 2.52 bits per heavy atom. The van der Waals surface area contributed by atoms with Crippen LogP contribution in [0.3, 0.4) is 0 Å². The number of benzene rings is 1. The van der Waals surface area contributed by atoms with Crippen LogP contribution in [0.4, 0.5) is 4.39 Å². The quantitative estimate of drug-likeness (QED) is 0.838. The Morgan fingerprint density at radius 1 is 1.33 bits per heavy atom. The summed E-state index contributed by atoms with van der Waals surface area (Å²) in [6, 6.07) is 3.52. The molecule has 114 valence electrons.